The fraction of sp³-hybridized carbons (Fsp3) is 0.458. The second-order valence-corrected chi connectivity index (χ2v) is 10.2. The molecule has 0 aliphatic heterocycles. The average molecular weight is 472 g/mol. The van der Waals surface area contributed by atoms with Crippen LogP contribution >= 0.6 is 23.1 Å². The van der Waals surface area contributed by atoms with E-state index >= 15 is 0 Å². The number of thioether (sulfide) groups is 1. The Morgan fingerprint density at radius 1 is 1.31 bits per heavy atom. The van der Waals surface area contributed by atoms with Crippen LogP contribution in [0.4, 0.5) is 0 Å². The summed E-state index contributed by atoms with van der Waals surface area (Å²) in [6.45, 7) is 3.26. The Labute approximate surface area is 196 Å². The molecule has 0 saturated carbocycles. The Morgan fingerprint density at radius 3 is 3.00 bits per heavy atom. The van der Waals surface area contributed by atoms with E-state index < -0.39 is 0 Å². The lowest BCUT2D eigenvalue weighted by Crippen LogP contribution is -2.25. The van der Waals surface area contributed by atoms with Gasteiger partial charge in [-0.3, -0.25) is 9.59 Å². The summed E-state index contributed by atoms with van der Waals surface area (Å²) in [6.07, 6.45) is 4.47. The van der Waals surface area contributed by atoms with E-state index in [0.29, 0.717) is 36.9 Å². The number of fused-ring (bicyclic) bond motifs is 3. The molecule has 1 aliphatic carbocycles. The minimum atomic E-state index is -0.0217. The molecule has 3 aromatic rings. The number of carbonyl (C=O) groups excluding carboxylic acids is 1. The van der Waals surface area contributed by atoms with Gasteiger partial charge < -0.3 is 15.0 Å². The summed E-state index contributed by atoms with van der Waals surface area (Å²) in [4.78, 5) is 34.3. The molecule has 2 N–H and O–H groups in total. The van der Waals surface area contributed by atoms with Gasteiger partial charge in [-0.25, -0.2) is 4.98 Å². The molecule has 0 fully saturated rings. The number of ether oxygens (including phenoxy) is 1. The van der Waals surface area contributed by atoms with Crippen molar-refractivity contribution in [3.63, 3.8) is 0 Å². The normalized spacial score (nSPS) is 13.9. The summed E-state index contributed by atoms with van der Waals surface area (Å²) < 4.78 is 5.83. The third kappa shape index (κ3) is 5.79. The van der Waals surface area contributed by atoms with E-state index in [0.717, 1.165) is 41.5 Å². The third-order valence-electron chi connectivity index (χ3n) is 5.62. The molecule has 1 unspecified atom stereocenters. The van der Waals surface area contributed by atoms with Gasteiger partial charge in [-0.2, -0.15) is 11.8 Å². The number of H-pyrrole nitrogens is 1. The third-order valence-corrected chi connectivity index (χ3v) is 7.77. The predicted molar refractivity (Wildman–Crippen MR) is 131 cm³/mol. The van der Waals surface area contributed by atoms with E-state index in [4.69, 9.17) is 4.74 Å². The SMILES string of the molecule is CC(OCCCNC(=O)CCSCc1nc2sc3c(c2c(=O)[nH]1)CCC3)c1ccccc1. The molecule has 170 valence electrons. The Bertz CT molecular complexity index is 1110. The summed E-state index contributed by atoms with van der Waals surface area (Å²) in [5.41, 5.74) is 2.34. The quantitative estimate of drug-likeness (QED) is 0.406. The lowest BCUT2D eigenvalue weighted by Gasteiger charge is -2.13. The molecular weight excluding hydrogens is 442 g/mol. The van der Waals surface area contributed by atoms with E-state index in [1.807, 2.05) is 25.1 Å². The Kier molecular flexibility index (Phi) is 8.00. The largest absolute Gasteiger partial charge is 0.374 e. The van der Waals surface area contributed by atoms with Gasteiger partial charge >= 0.3 is 0 Å². The van der Waals surface area contributed by atoms with Crippen molar-refractivity contribution in [2.45, 2.75) is 50.9 Å². The molecule has 2 aromatic heterocycles. The van der Waals surface area contributed by atoms with Crippen LogP contribution in [0, 0.1) is 0 Å². The van der Waals surface area contributed by atoms with Crippen molar-refractivity contribution in [1.82, 2.24) is 15.3 Å². The van der Waals surface area contributed by atoms with Crippen LogP contribution in [0.25, 0.3) is 10.2 Å². The lowest BCUT2D eigenvalue weighted by atomic mass is 10.1. The minimum absolute atomic E-state index is 0.0217. The smallest absolute Gasteiger partial charge is 0.259 e. The van der Waals surface area contributed by atoms with E-state index in [1.165, 1.54) is 10.4 Å². The van der Waals surface area contributed by atoms with Crippen LogP contribution in [0.15, 0.2) is 35.1 Å². The molecule has 0 saturated heterocycles. The van der Waals surface area contributed by atoms with E-state index in [1.54, 1.807) is 23.1 Å². The number of amides is 1. The summed E-state index contributed by atoms with van der Waals surface area (Å²) in [6, 6.07) is 10.1. The zero-order chi connectivity index (χ0) is 22.3. The van der Waals surface area contributed by atoms with E-state index in [-0.39, 0.29) is 17.6 Å². The standard InChI is InChI=1S/C24H29N3O3S2/c1-16(17-7-3-2-4-8-17)30-13-6-12-25-21(28)11-14-31-15-20-26-23(29)22-18-9-5-10-19(18)32-24(22)27-20/h2-4,7-8,16H,5-6,9-15H2,1H3,(H,25,28)(H,26,27,29). The predicted octanol–water partition coefficient (Wildman–Crippen LogP) is 4.38. The molecule has 6 nitrogen and oxygen atoms in total. The van der Waals surface area contributed by atoms with Crippen molar-refractivity contribution in [1.29, 1.82) is 0 Å². The second kappa shape index (κ2) is 11.1. The molecule has 1 aliphatic rings. The first-order valence-electron chi connectivity index (χ1n) is 11.2. The molecule has 0 spiro atoms. The topological polar surface area (TPSA) is 84.1 Å². The number of carbonyl (C=O) groups is 1. The number of aromatic amines is 1. The molecule has 1 atom stereocenters. The molecule has 2 heterocycles. The molecule has 8 heteroatoms. The first kappa shape index (κ1) is 23.0. The van der Waals surface area contributed by atoms with Crippen LogP contribution in [-0.2, 0) is 28.1 Å². The highest BCUT2D eigenvalue weighted by molar-refractivity contribution is 7.98. The maximum absolute atomic E-state index is 12.5. The molecular formula is C24H29N3O3S2. The first-order chi connectivity index (χ1) is 15.6. The highest BCUT2D eigenvalue weighted by Gasteiger charge is 2.21. The number of hydrogen-bond acceptors (Lipinski definition) is 6. The fourth-order valence-electron chi connectivity index (χ4n) is 3.92. The van der Waals surface area contributed by atoms with Crippen molar-refractivity contribution in [2.24, 2.45) is 0 Å². The van der Waals surface area contributed by atoms with Gasteiger partial charge in [0.2, 0.25) is 5.91 Å². The zero-order valence-electron chi connectivity index (χ0n) is 18.3. The maximum atomic E-state index is 12.5. The van der Waals surface area contributed by atoms with Crippen LogP contribution in [0.1, 0.15) is 54.1 Å². The number of nitrogens with zero attached hydrogens (tertiary/aromatic N) is 1. The zero-order valence-corrected chi connectivity index (χ0v) is 19.9. The fourth-order valence-corrected chi connectivity index (χ4v) is 6.00. The maximum Gasteiger partial charge on any atom is 0.259 e. The molecule has 4 rings (SSSR count). The summed E-state index contributed by atoms with van der Waals surface area (Å²) >= 11 is 3.27. The highest BCUT2D eigenvalue weighted by atomic mass is 32.2. The van der Waals surface area contributed by atoms with Gasteiger partial charge in [-0.1, -0.05) is 30.3 Å². The molecule has 32 heavy (non-hydrogen) atoms. The lowest BCUT2D eigenvalue weighted by molar-refractivity contribution is -0.120. The van der Waals surface area contributed by atoms with Gasteiger partial charge in [-0.15, -0.1) is 11.3 Å². The summed E-state index contributed by atoms with van der Waals surface area (Å²) in [5.74, 6) is 2.03. The van der Waals surface area contributed by atoms with Crippen LogP contribution in [0.3, 0.4) is 0 Å². The van der Waals surface area contributed by atoms with Gasteiger partial charge in [0.15, 0.2) is 0 Å². The Balaban J connectivity index is 1.11. The van der Waals surface area contributed by atoms with Crippen LogP contribution in [0.2, 0.25) is 0 Å². The van der Waals surface area contributed by atoms with Crippen molar-refractivity contribution < 1.29 is 9.53 Å². The number of aromatic nitrogens is 2. The van der Waals surface area contributed by atoms with Crippen LogP contribution in [0.5, 0.6) is 0 Å². The minimum Gasteiger partial charge on any atom is -0.374 e. The van der Waals surface area contributed by atoms with Crippen molar-refractivity contribution in [3.05, 3.63) is 62.5 Å². The van der Waals surface area contributed by atoms with Gasteiger partial charge in [0.1, 0.15) is 10.7 Å². The number of rotatable bonds is 11. The number of aryl methyl sites for hydroxylation is 2. The van der Waals surface area contributed by atoms with E-state index in [2.05, 4.69) is 27.4 Å². The van der Waals surface area contributed by atoms with Gasteiger partial charge in [0, 0.05) is 30.2 Å². The molecule has 0 bridgehead atoms. The highest BCUT2D eigenvalue weighted by Crippen LogP contribution is 2.34. The van der Waals surface area contributed by atoms with E-state index in [9.17, 15) is 9.59 Å². The van der Waals surface area contributed by atoms with Crippen LogP contribution < -0.4 is 10.9 Å². The molecule has 1 aromatic carbocycles. The van der Waals surface area contributed by atoms with Gasteiger partial charge in [0.05, 0.1) is 17.2 Å². The Morgan fingerprint density at radius 2 is 2.16 bits per heavy atom. The second-order valence-electron chi connectivity index (χ2n) is 7.98. The number of hydrogen-bond donors (Lipinski definition) is 2. The monoisotopic (exact) mass is 471 g/mol. The van der Waals surface area contributed by atoms with Crippen molar-refractivity contribution in [3.8, 4) is 0 Å². The van der Waals surface area contributed by atoms with Crippen molar-refractivity contribution in [2.75, 3.05) is 18.9 Å². The summed E-state index contributed by atoms with van der Waals surface area (Å²) in [5, 5.41) is 3.74. The average Bonchev–Trinajstić information content (AvgIpc) is 3.38. The number of nitrogens with one attached hydrogen (secondary N) is 2. The van der Waals surface area contributed by atoms with Crippen molar-refractivity contribution >= 4 is 39.2 Å². The summed E-state index contributed by atoms with van der Waals surface area (Å²) in [7, 11) is 0. The first-order valence-corrected chi connectivity index (χ1v) is 13.1. The van der Waals surface area contributed by atoms with Gasteiger partial charge in [0.25, 0.3) is 5.56 Å². The molecule has 0 radical (unpaired) electrons. The number of benzene rings is 1. The van der Waals surface area contributed by atoms with Crippen LogP contribution in [-0.4, -0.2) is 34.8 Å². The number of thiophene rings is 1. The van der Waals surface area contributed by atoms with Gasteiger partial charge in [-0.05, 0) is 43.7 Å². The molecule has 1 amide bonds. The Hall–Kier alpha value is -2.16.